The second-order valence-electron chi connectivity index (χ2n) is 6.85. The second-order valence-corrected chi connectivity index (χ2v) is 6.85. The number of nitrogens with one attached hydrogen (secondary N) is 1. The Morgan fingerprint density at radius 2 is 2.00 bits per heavy atom. The van der Waals surface area contributed by atoms with E-state index in [4.69, 9.17) is 0 Å². The van der Waals surface area contributed by atoms with Crippen LogP contribution < -0.4 is 5.32 Å². The van der Waals surface area contributed by atoms with Gasteiger partial charge in [-0.25, -0.2) is 0 Å². The summed E-state index contributed by atoms with van der Waals surface area (Å²) in [5.74, 6) is 0.480. The molecule has 2 aliphatic rings. The van der Waals surface area contributed by atoms with Crippen molar-refractivity contribution in [1.82, 2.24) is 10.2 Å². The SMILES string of the molecule is CC1(C(=O)N2CCC(C(O)c3ccccc3)CC2)CCCN1. The van der Waals surface area contributed by atoms with Gasteiger partial charge in [0.2, 0.25) is 5.91 Å². The fraction of sp³-hybridized carbons (Fsp3) is 0.611. The third-order valence-electron chi connectivity index (χ3n) is 5.26. The summed E-state index contributed by atoms with van der Waals surface area (Å²) in [6.45, 7) is 4.47. The van der Waals surface area contributed by atoms with Crippen LogP contribution in [0.25, 0.3) is 0 Å². The number of carbonyl (C=O) groups is 1. The lowest BCUT2D eigenvalue weighted by Gasteiger charge is -2.38. The number of rotatable bonds is 3. The molecule has 1 amide bonds. The molecule has 120 valence electrons. The maximum Gasteiger partial charge on any atom is 0.242 e. The molecule has 0 saturated carbocycles. The number of amides is 1. The first kappa shape index (κ1) is 15.5. The topological polar surface area (TPSA) is 52.6 Å². The van der Waals surface area contributed by atoms with Crippen molar-refractivity contribution >= 4 is 5.91 Å². The highest BCUT2D eigenvalue weighted by atomic mass is 16.3. The molecule has 1 aromatic rings. The summed E-state index contributed by atoms with van der Waals surface area (Å²) in [5.41, 5.74) is 0.613. The van der Waals surface area contributed by atoms with Crippen LogP contribution in [-0.4, -0.2) is 41.1 Å². The van der Waals surface area contributed by atoms with Gasteiger partial charge in [0.1, 0.15) is 0 Å². The minimum Gasteiger partial charge on any atom is -0.388 e. The van der Waals surface area contributed by atoms with Gasteiger partial charge in [-0.1, -0.05) is 30.3 Å². The van der Waals surface area contributed by atoms with Gasteiger partial charge in [-0.15, -0.1) is 0 Å². The second kappa shape index (κ2) is 6.39. The molecule has 2 saturated heterocycles. The van der Waals surface area contributed by atoms with E-state index in [1.54, 1.807) is 0 Å². The van der Waals surface area contributed by atoms with E-state index in [-0.39, 0.29) is 17.4 Å². The van der Waals surface area contributed by atoms with Crippen LogP contribution in [0.1, 0.15) is 44.3 Å². The number of likely N-dealkylation sites (tertiary alicyclic amines) is 1. The van der Waals surface area contributed by atoms with E-state index in [0.29, 0.717) is 0 Å². The molecule has 3 rings (SSSR count). The number of nitrogens with zero attached hydrogens (tertiary/aromatic N) is 1. The summed E-state index contributed by atoms with van der Waals surface area (Å²) in [7, 11) is 0. The summed E-state index contributed by atoms with van der Waals surface area (Å²) in [6, 6.07) is 9.85. The Balaban J connectivity index is 1.57. The minimum atomic E-state index is -0.418. The number of aliphatic hydroxyl groups is 1. The number of benzene rings is 1. The third-order valence-corrected chi connectivity index (χ3v) is 5.26. The predicted molar refractivity (Wildman–Crippen MR) is 86.3 cm³/mol. The molecule has 4 heteroatoms. The van der Waals surface area contributed by atoms with Crippen molar-refractivity contribution in [3.8, 4) is 0 Å². The van der Waals surface area contributed by atoms with E-state index >= 15 is 0 Å². The molecule has 2 atom stereocenters. The van der Waals surface area contributed by atoms with Crippen molar-refractivity contribution in [1.29, 1.82) is 0 Å². The van der Waals surface area contributed by atoms with Gasteiger partial charge in [-0.3, -0.25) is 4.79 Å². The summed E-state index contributed by atoms with van der Waals surface area (Å²) in [5, 5.41) is 13.9. The Morgan fingerprint density at radius 1 is 1.32 bits per heavy atom. The van der Waals surface area contributed by atoms with Crippen molar-refractivity contribution in [2.75, 3.05) is 19.6 Å². The lowest BCUT2D eigenvalue weighted by Crippen LogP contribution is -2.54. The van der Waals surface area contributed by atoms with Crippen LogP contribution in [0.4, 0.5) is 0 Å². The van der Waals surface area contributed by atoms with Gasteiger partial charge in [0.15, 0.2) is 0 Å². The maximum absolute atomic E-state index is 12.7. The minimum absolute atomic E-state index is 0.234. The predicted octanol–water partition coefficient (Wildman–Crippen LogP) is 2.10. The molecule has 22 heavy (non-hydrogen) atoms. The van der Waals surface area contributed by atoms with Crippen LogP contribution in [0.15, 0.2) is 30.3 Å². The Hall–Kier alpha value is -1.39. The van der Waals surface area contributed by atoms with Crippen LogP contribution in [0.3, 0.4) is 0 Å². The van der Waals surface area contributed by atoms with Crippen molar-refractivity contribution in [2.45, 2.75) is 44.2 Å². The zero-order valence-corrected chi connectivity index (χ0v) is 13.3. The first-order chi connectivity index (χ1) is 10.6. The van der Waals surface area contributed by atoms with Gasteiger partial charge in [-0.2, -0.15) is 0 Å². The highest BCUT2D eigenvalue weighted by Crippen LogP contribution is 2.32. The average molecular weight is 302 g/mol. The first-order valence-electron chi connectivity index (χ1n) is 8.37. The Bertz CT molecular complexity index is 503. The zero-order valence-electron chi connectivity index (χ0n) is 13.3. The summed E-state index contributed by atoms with van der Waals surface area (Å²) >= 11 is 0. The standard InChI is InChI=1S/C18H26N2O2/c1-18(10-5-11-19-18)17(22)20-12-8-15(9-13-20)16(21)14-6-3-2-4-7-14/h2-4,6-7,15-16,19,21H,5,8-13H2,1H3. The van der Waals surface area contributed by atoms with Crippen molar-refractivity contribution in [3.05, 3.63) is 35.9 Å². The van der Waals surface area contributed by atoms with E-state index < -0.39 is 6.10 Å². The first-order valence-corrected chi connectivity index (χ1v) is 8.37. The van der Waals surface area contributed by atoms with Gasteiger partial charge in [0.05, 0.1) is 11.6 Å². The van der Waals surface area contributed by atoms with Gasteiger partial charge < -0.3 is 15.3 Å². The van der Waals surface area contributed by atoms with Gasteiger partial charge in [0.25, 0.3) is 0 Å². The lowest BCUT2D eigenvalue weighted by molar-refractivity contribution is -0.139. The summed E-state index contributed by atoms with van der Waals surface area (Å²) in [4.78, 5) is 14.6. The van der Waals surface area contributed by atoms with Crippen molar-refractivity contribution in [3.63, 3.8) is 0 Å². The van der Waals surface area contributed by atoms with Crippen molar-refractivity contribution < 1.29 is 9.90 Å². The number of aliphatic hydroxyl groups excluding tert-OH is 1. The number of hydrogen-bond acceptors (Lipinski definition) is 3. The van der Waals surface area contributed by atoms with Crippen LogP contribution >= 0.6 is 0 Å². The summed E-state index contributed by atoms with van der Waals surface area (Å²) < 4.78 is 0. The molecule has 2 heterocycles. The molecule has 2 aliphatic heterocycles. The zero-order chi connectivity index (χ0) is 15.6. The molecule has 2 fully saturated rings. The third kappa shape index (κ3) is 3.03. The molecule has 0 radical (unpaired) electrons. The number of carbonyl (C=O) groups excluding carboxylic acids is 1. The van der Waals surface area contributed by atoms with Gasteiger partial charge in [-0.05, 0) is 50.6 Å². The normalized spacial score (nSPS) is 27.8. The van der Waals surface area contributed by atoms with Gasteiger partial charge >= 0.3 is 0 Å². The van der Waals surface area contributed by atoms with Crippen LogP contribution in [0.5, 0.6) is 0 Å². The fourth-order valence-corrected chi connectivity index (χ4v) is 3.77. The molecule has 0 aromatic heterocycles. The molecule has 0 bridgehead atoms. The molecular weight excluding hydrogens is 276 g/mol. The number of hydrogen-bond donors (Lipinski definition) is 2. The smallest absolute Gasteiger partial charge is 0.242 e. The monoisotopic (exact) mass is 302 g/mol. The maximum atomic E-state index is 12.7. The number of piperidine rings is 1. The Kier molecular flexibility index (Phi) is 4.50. The molecule has 1 aromatic carbocycles. The van der Waals surface area contributed by atoms with Gasteiger partial charge in [0, 0.05) is 13.1 Å². The van der Waals surface area contributed by atoms with Crippen LogP contribution in [0, 0.1) is 5.92 Å². The molecular formula is C18H26N2O2. The van der Waals surface area contributed by atoms with Crippen molar-refractivity contribution in [2.24, 2.45) is 5.92 Å². The average Bonchev–Trinajstić information content (AvgIpc) is 3.02. The molecule has 2 unspecified atom stereocenters. The quantitative estimate of drug-likeness (QED) is 0.899. The molecule has 2 N–H and O–H groups in total. The highest BCUT2D eigenvalue weighted by Gasteiger charge is 2.40. The fourth-order valence-electron chi connectivity index (χ4n) is 3.77. The Labute approximate surface area is 132 Å². The van der Waals surface area contributed by atoms with E-state index in [1.165, 1.54) is 0 Å². The van der Waals surface area contributed by atoms with E-state index in [2.05, 4.69) is 5.32 Å². The van der Waals surface area contributed by atoms with Crippen LogP contribution in [-0.2, 0) is 4.79 Å². The van der Waals surface area contributed by atoms with E-state index in [9.17, 15) is 9.90 Å². The highest BCUT2D eigenvalue weighted by molar-refractivity contribution is 5.86. The summed E-state index contributed by atoms with van der Waals surface area (Å²) in [6.07, 6.45) is 3.33. The van der Waals surface area contributed by atoms with E-state index in [0.717, 1.165) is 50.9 Å². The van der Waals surface area contributed by atoms with Crippen LogP contribution in [0.2, 0.25) is 0 Å². The lowest BCUT2D eigenvalue weighted by atomic mass is 9.86. The Morgan fingerprint density at radius 3 is 2.59 bits per heavy atom. The molecule has 0 spiro atoms. The molecule has 4 nitrogen and oxygen atoms in total. The van der Waals surface area contributed by atoms with E-state index in [1.807, 2.05) is 42.2 Å². The largest absolute Gasteiger partial charge is 0.388 e. The molecule has 0 aliphatic carbocycles.